The average Bonchev–Trinajstić information content (AvgIpc) is 2.40. The lowest BCUT2D eigenvalue weighted by Gasteiger charge is -2.09. The number of nitriles is 1. The minimum absolute atomic E-state index is 0.0908. The molecule has 100 valence electrons. The van der Waals surface area contributed by atoms with Crippen LogP contribution in [0.15, 0.2) is 40.9 Å². The largest absolute Gasteiger partial charge is 0.321 e. The Kier molecular flexibility index (Phi) is 4.16. The number of halogens is 2. The van der Waals surface area contributed by atoms with Crippen molar-refractivity contribution in [2.24, 2.45) is 0 Å². The molecule has 0 aromatic heterocycles. The molecule has 0 heterocycles. The number of aryl methyl sites for hydroxylation is 1. The molecule has 1 N–H and O–H groups in total. The van der Waals surface area contributed by atoms with Crippen molar-refractivity contribution in [2.75, 3.05) is 5.32 Å². The Morgan fingerprint density at radius 2 is 2.05 bits per heavy atom. The Morgan fingerprint density at radius 3 is 2.70 bits per heavy atom. The van der Waals surface area contributed by atoms with Gasteiger partial charge in [-0.05, 0) is 48.9 Å². The first-order valence-corrected chi connectivity index (χ1v) is 6.57. The number of carbonyl (C=O) groups excluding carboxylic acids is 1. The molecule has 0 atom stereocenters. The summed E-state index contributed by atoms with van der Waals surface area (Å²) in [6.45, 7) is 1.82. The zero-order chi connectivity index (χ0) is 14.7. The normalized spacial score (nSPS) is 9.90. The number of amides is 1. The molecule has 2 aromatic carbocycles. The molecular formula is C15H10BrFN2O. The summed E-state index contributed by atoms with van der Waals surface area (Å²) in [5, 5.41) is 11.6. The first kappa shape index (κ1) is 14.2. The highest BCUT2D eigenvalue weighted by Gasteiger charge is 2.12. The molecule has 20 heavy (non-hydrogen) atoms. The monoisotopic (exact) mass is 332 g/mol. The minimum atomic E-state index is -0.514. The van der Waals surface area contributed by atoms with Gasteiger partial charge in [-0.25, -0.2) is 4.39 Å². The standard InChI is InChI=1S/C15H10BrFN2O/c1-9-6-11(16)2-4-13(9)15(20)19-14-5-3-12(17)7-10(14)8-18/h2-7H,1H3,(H,19,20). The van der Waals surface area contributed by atoms with Gasteiger partial charge in [-0.15, -0.1) is 0 Å². The van der Waals surface area contributed by atoms with Crippen LogP contribution in [0.3, 0.4) is 0 Å². The van der Waals surface area contributed by atoms with E-state index in [1.54, 1.807) is 12.1 Å². The molecule has 0 radical (unpaired) electrons. The second kappa shape index (κ2) is 5.85. The molecule has 0 aliphatic rings. The van der Waals surface area contributed by atoms with Crippen molar-refractivity contribution in [2.45, 2.75) is 6.92 Å². The third-order valence-electron chi connectivity index (χ3n) is 2.78. The van der Waals surface area contributed by atoms with E-state index in [-0.39, 0.29) is 11.5 Å². The van der Waals surface area contributed by atoms with Gasteiger partial charge in [0.1, 0.15) is 11.9 Å². The highest BCUT2D eigenvalue weighted by Crippen LogP contribution is 2.20. The molecule has 2 aromatic rings. The van der Waals surface area contributed by atoms with Crippen LogP contribution in [0.25, 0.3) is 0 Å². The number of benzene rings is 2. The van der Waals surface area contributed by atoms with Crippen molar-refractivity contribution < 1.29 is 9.18 Å². The van der Waals surface area contributed by atoms with Gasteiger partial charge in [0.2, 0.25) is 0 Å². The van der Waals surface area contributed by atoms with Gasteiger partial charge in [0.15, 0.2) is 0 Å². The summed E-state index contributed by atoms with van der Waals surface area (Å²) in [7, 11) is 0. The number of nitrogens with zero attached hydrogens (tertiary/aromatic N) is 1. The highest BCUT2D eigenvalue weighted by molar-refractivity contribution is 9.10. The van der Waals surface area contributed by atoms with Crippen molar-refractivity contribution >= 4 is 27.5 Å². The van der Waals surface area contributed by atoms with E-state index in [2.05, 4.69) is 21.2 Å². The predicted octanol–water partition coefficient (Wildman–Crippen LogP) is 4.02. The lowest BCUT2D eigenvalue weighted by Crippen LogP contribution is -2.14. The maximum Gasteiger partial charge on any atom is 0.255 e. The number of anilines is 1. The second-order valence-electron chi connectivity index (χ2n) is 4.22. The van der Waals surface area contributed by atoms with Gasteiger partial charge < -0.3 is 5.32 Å². The predicted molar refractivity (Wildman–Crippen MR) is 77.9 cm³/mol. The van der Waals surface area contributed by atoms with Crippen molar-refractivity contribution in [3.05, 3.63) is 63.4 Å². The number of hydrogen-bond donors (Lipinski definition) is 1. The van der Waals surface area contributed by atoms with E-state index >= 15 is 0 Å². The molecule has 0 aliphatic carbocycles. The van der Waals surface area contributed by atoms with Crippen molar-refractivity contribution in [3.63, 3.8) is 0 Å². The Labute approximate surface area is 124 Å². The van der Waals surface area contributed by atoms with Gasteiger partial charge in [-0.1, -0.05) is 15.9 Å². The van der Waals surface area contributed by atoms with E-state index < -0.39 is 5.82 Å². The van der Waals surface area contributed by atoms with Gasteiger partial charge in [0.05, 0.1) is 11.3 Å². The summed E-state index contributed by atoms with van der Waals surface area (Å²) in [5.41, 5.74) is 1.69. The fourth-order valence-corrected chi connectivity index (χ4v) is 2.27. The Morgan fingerprint density at radius 1 is 1.30 bits per heavy atom. The van der Waals surface area contributed by atoms with Crippen LogP contribution in [0.2, 0.25) is 0 Å². The smallest absolute Gasteiger partial charge is 0.255 e. The van der Waals surface area contributed by atoms with Gasteiger partial charge in [0.25, 0.3) is 5.91 Å². The third-order valence-corrected chi connectivity index (χ3v) is 3.28. The molecular weight excluding hydrogens is 323 g/mol. The molecule has 0 saturated heterocycles. The highest BCUT2D eigenvalue weighted by atomic mass is 79.9. The molecule has 1 amide bonds. The van der Waals surface area contributed by atoms with Crippen LogP contribution >= 0.6 is 15.9 Å². The Bertz CT molecular complexity index is 722. The van der Waals surface area contributed by atoms with E-state index in [1.807, 2.05) is 19.1 Å². The second-order valence-corrected chi connectivity index (χ2v) is 5.13. The first-order valence-electron chi connectivity index (χ1n) is 5.78. The average molecular weight is 333 g/mol. The summed E-state index contributed by atoms with van der Waals surface area (Å²) >= 11 is 3.33. The summed E-state index contributed by atoms with van der Waals surface area (Å²) < 4.78 is 13.9. The fraction of sp³-hybridized carbons (Fsp3) is 0.0667. The lowest BCUT2D eigenvalue weighted by molar-refractivity contribution is 0.102. The zero-order valence-corrected chi connectivity index (χ0v) is 12.2. The van der Waals surface area contributed by atoms with Crippen LogP contribution in [-0.4, -0.2) is 5.91 Å². The van der Waals surface area contributed by atoms with E-state index in [9.17, 15) is 9.18 Å². The van der Waals surface area contributed by atoms with Crippen LogP contribution in [-0.2, 0) is 0 Å². The number of rotatable bonds is 2. The van der Waals surface area contributed by atoms with E-state index in [0.29, 0.717) is 11.3 Å². The van der Waals surface area contributed by atoms with Gasteiger partial charge in [0, 0.05) is 10.0 Å². The SMILES string of the molecule is Cc1cc(Br)ccc1C(=O)Nc1ccc(F)cc1C#N. The van der Waals surface area contributed by atoms with Crippen molar-refractivity contribution in [1.29, 1.82) is 5.26 Å². The van der Waals surface area contributed by atoms with Crippen molar-refractivity contribution in [1.82, 2.24) is 0 Å². The molecule has 0 bridgehead atoms. The quantitative estimate of drug-likeness (QED) is 0.902. The summed E-state index contributed by atoms with van der Waals surface area (Å²) in [5.74, 6) is -0.850. The Hall–Kier alpha value is -2.19. The summed E-state index contributed by atoms with van der Waals surface area (Å²) in [6, 6.07) is 10.8. The van der Waals surface area contributed by atoms with Crippen molar-refractivity contribution in [3.8, 4) is 6.07 Å². The van der Waals surface area contributed by atoms with Crippen LogP contribution in [0.1, 0.15) is 21.5 Å². The molecule has 0 fully saturated rings. The van der Waals surface area contributed by atoms with Crippen LogP contribution in [0.5, 0.6) is 0 Å². The first-order chi connectivity index (χ1) is 9.51. The van der Waals surface area contributed by atoms with Crippen LogP contribution in [0.4, 0.5) is 10.1 Å². The maximum absolute atomic E-state index is 13.0. The molecule has 0 aliphatic heterocycles. The minimum Gasteiger partial charge on any atom is -0.321 e. The number of hydrogen-bond acceptors (Lipinski definition) is 2. The molecule has 0 spiro atoms. The topological polar surface area (TPSA) is 52.9 Å². The van der Waals surface area contributed by atoms with E-state index in [0.717, 1.165) is 16.1 Å². The molecule has 2 rings (SSSR count). The van der Waals surface area contributed by atoms with Gasteiger partial charge >= 0.3 is 0 Å². The molecule has 0 saturated carbocycles. The zero-order valence-electron chi connectivity index (χ0n) is 10.6. The summed E-state index contributed by atoms with van der Waals surface area (Å²) in [4.78, 5) is 12.2. The Balaban J connectivity index is 2.31. The van der Waals surface area contributed by atoms with E-state index in [1.165, 1.54) is 12.1 Å². The summed E-state index contributed by atoms with van der Waals surface area (Å²) in [6.07, 6.45) is 0. The van der Waals surface area contributed by atoms with E-state index in [4.69, 9.17) is 5.26 Å². The maximum atomic E-state index is 13.0. The molecule has 3 nitrogen and oxygen atoms in total. The molecule has 0 unspecified atom stereocenters. The van der Waals surface area contributed by atoms with Crippen LogP contribution in [0, 0.1) is 24.1 Å². The third kappa shape index (κ3) is 3.03. The van der Waals surface area contributed by atoms with Gasteiger partial charge in [-0.3, -0.25) is 4.79 Å². The lowest BCUT2D eigenvalue weighted by atomic mass is 10.1. The van der Waals surface area contributed by atoms with Gasteiger partial charge in [-0.2, -0.15) is 5.26 Å². The number of carbonyl (C=O) groups is 1. The molecule has 5 heteroatoms. The number of nitrogens with one attached hydrogen (secondary N) is 1. The fourth-order valence-electron chi connectivity index (χ4n) is 1.79. The van der Waals surface area contributed by atoms with Crippen LogP contribution < -0.4 is 5.32 Å².